The van der Waals surface area contributed by atoms with Gasteiger partial charge in [-0.1, -0.05) is 22.0 Å². The number of halogens is 2. The van der Waals surface area contributed by atoms with E-state index in [-0.39, 0.29) is 0 Å². The van der Waals surface area contributed by atoms with Gasteiger partial charge in [0.1, 0.15) is 5.82 Å². The highest BCUT2D eigenvalue weighted by molar-refractivity contribution is 9.10. The van der Waals surface area contributed by atoms with E-state index in [2.05, 4.69) is 20.9 Å². The standard InChI is InChI=1S/C13H11BrFNO/c14-10-2-1-3-11(15)13(10)12(17)8-9-4-6-16-7-5-9/h1-7,12,17H,8H2. The maximum absolute atomic E-state index is 13.6. The molecule has 1 aromatic heterocycles. The Morgan fingerprint density at radius 3 is 2.59 bits per heavy atom. The normalized spacial score (nSPS) is 12.4. The average Bonchev–Trinajstić information content (AvgIpc) is 2.30. The zero-order chi connectivity index (χ0) is 12.3. The van der Waals surface area contributed by atoms with Crippen LogP contribution in [0, 0.1) is 5.82 Å². The third kappa shape index (κ3) is 2.90. The van der Waals surface area contributed by atoms with E-state index in [4.69, 9.17) is 0 Å². The van der Waals surface area contributed by atoms with Crippen molar-refractivity contribution in [1.82, 2.24) is 4.98 Å². The quantitative estimate of drug-likeness (QED) is 0.943. The van der Waals surface area contributed by atoms with Gasteiger partial charge in [-0.25, -0.2) is 4.39 Å². The second kappa shape index (κ2) is 5.38. The van der Waals surface area contributed by atoms with Gasteiger partial charge in [-0.2, -0.15) is 0 Å². The number of rotatable bonds is 3. The second-order valence-corrected chi connectivity index (χ2v) is 4.57. The van der Waals surface area contributed by atoms with Crippen molar-refractivity contribution in [3.8, 4) is 0 Å². The molecule has 1 atom stereocenters. The van der Waals surface area contributed by atoms with Crippen LogP contribution in [0.4, 0.5) is 4.39 Å². The molecule has 2 aromatic rings. The molecule has 1 aromatic carbocycles. The van der Waals surface area contributed by atoms with Crippen molar-refractivity contribution in [3.05, 3.63) is 64.1 Å². The number of benzene rings is 1. The van der Waals surface area contributed by atoms with Gasteiger partial charge in [0.25, 0.3) is 0 Å². The van der Waals surface area contributed by atoms with E-state index < -0.39 is 11.9 Å². The summed E-state index contributed by atoms with van der Waals surface area (Å²) in [7, 11) is 0. The number of aliphatic hydroxyl groups is 1. The summed E-state index contributed by atoms with van der Waals surface area (Å²) in [6, 6.07) is 8.27. The molecular formula is C13H11BrFNO. The maximum Gasteiger partial charge on any atom is 0.130 e. The zero-order valence-electron chi connectivity index (χ0n) is 8.98. The fourth-order valence-electron chi connectivity index (χ4n) is 1.67. The van der Waals surface area contributed by atoms with Crippen molar-refractivity contribution >= 4 is 15.9 Å². The van der Waals surface area contributed by atoms with Gasteiger partial charge in [0.2, 0.25) is 0 Å². The van der Waals surface area contributed by atoms with Crippen LogP contribution in [0.5, 0.6) is 0 Å². The molecule has 2 nitrogen and oxygen atoms in total. The third-order valence-electron chi connectivity index (χ3n) is 2.51. The lowest BCUT2D eigenvalue weighted by Crippen LogP contribution is -2.05. The van der Waals surface area contributed by atoms with Gasteiger partial charge in [-0.3, -0.25) is 4.98 Å². The van der Waals surface area contributed by atoms with Crippen LogP contribution in [0.2, 0.25) is 0 Å². The molecule has 1 unspecified atom stereocenters. The summed E-state index contributed by atoms with van der Waals surface area (Å²) in [5, 5.41) is 10.0. The van der Waals surface area contributed by atoms with E-state index in [0.29, 0.717) is 16.5 Å². The largest absolute Gasteiger partial charge is 0.388 e. The lowest BCUT2D eigenvalue weighted by atomic mass is 10.0. The lowest BCUT2D eigenvalue weighted by Gasteiger charge is -2.13. The van der Waals surface area contributed by atoms with Gasteiger partial charge in [0, 0.05) is 28.9 Å². The molecule has 0 fully saturated rings. The third-order valence-corrected chi connectivity index (χ3v) is 3.20. The van der Waals surface area contributed by atoms with Crippen LogP contribution in [0.3, 0.4) is 0 Å². The molecule has 0 bridgehead atoms. The minimum Gasteiger partial charge on any atom is -0.388 e. The van der Waals surface area contributed by atoms with Crippen molar-refractivity contribution < 1.29 is 9.50 Å². The Morgan fingerprint density at radius 2 is 1.94 bits per heavy atom. The van der Waals surface area contributed by atoms with Crippen molar-refractivity contribution in [1.29, 1.82) is 0 Å². The first kappa shape index (κ1) is 12.2. The maximum atomic E-state index is 13.6. The molecule has 17 heavy (non-hydrogen) atoms. The monoisotopic (exact) mass is 295 g/mol. The molecule has 0 radical (unpaired) electrons. The summed E-state index contributed by atoms with van der Waals surface area (Å²) in [6.07, 6.45) is 2.80. The summed E-state index contributed by atoms with van der Waals surface area (Å²) >= 11 is 3.25. The van der Waals surface area contributed by atoms with E-state index in [0.717, 1.165) is 5.56 Å². The number of aliphatic hydroxyl groups excluding tert-OH is 1. The molecule has 0 aliphatic carbocycles. The molecule has 0 aliphatic heterocycles. The fraction of sp³-hybridized carbons (Fsp3) is 0.154. The zero-order valence-corrected chi connectivity index (χ0v) is 10.6. The summed E-state index contributed by atoms with van der Waals surface area (Å²) < 4.78 is 14.2. The van der Waals surface area contributed by atoms with Gasteiger partial charge in [0.05, 0.1) is 6.10 Å². The average molecular weight is 296 g/mol. The molecule has 0 amide bonds. The molecule has 1 N–H and O–H groups in total. The van der Waals surface area contributed by atoms with E-state index in [1.54, 1.807) is 36.7 Å². The predicted molar refractivity (Wildman–Crippen MR) is 67.0 cm³/mol. The number of pyridine rings is 1. The first-order chi connectivity index (χ1) is 8.18. The molecule has 88 valence electrons. The summed E-state index contributed by atoms with van der Waals surface area (Å²) in [5.41, 5.74) is 1.21. The Kier molecular flexibility index (Phi) is 3.86. The van der Waals surface area contributed by atoms with Crippen LogP contribution in [0.1, 0.15) is 17.2 Å². The Labute approximate surface area is 107 Å². The first-order valence-corrected chi connectivity index (χ1v) is 5.98. The van der Waals surface area contributed by atoms with Crippen molar-refractivity contribution in [2.45, 2.75) is 12.5 Å². The molecular weight excluding hydrogens is 285 g/mol. The Morgan fingerprint density at radius 1 is 1.24 bits per heavy atom. The van der Waals surface area contributed by atoms with E-state index >= 15 is 0 Å². The van der Waals surface area contributed by atoms with Gasteiger partial charge in [-0.05, 0) is 29.8 Å². The van der Waals surface area contributed by atoms with E-state index in [9.17, 15) is 9.50 Å². The topological polar surface area (TPSA) is 33.1 Å². The summed E-state index contributed by atoms with van der Waals surface area (Å²) in [6.45, 7) is 0. The van der Waals surface area contributed by atoms with Gasteiger partial charge >= 0.3 is 0 Å². The predicted octanol–water partition coefficient (Wildman–Crippen LogP) is 3.26. The number of hydrogen-bond donors (Lipinski definition) is 1. The molecule has 1 heterocycles. The van der Waals surface area contributed by atoms with Crippen LogP contribution >= 0.6 is 15.9 Å². The Bertz CT molecular complexity index is 484. The molecule has 0 saturated carbocycles. The Hall–Kier alpha value is -1.26. The number of aromatic nitrogens is 1. The van der Waals surface area contributed by atoms with Crippen LogP contribution in [0.15, 0.2) is 47.2 Å². The van der Waals surface area contributed by atoms with Crippen molar-refractivity contribution in [2.75, 3.05) is 0 Å². The number of hydrogen-bond acceptors (Lipinski definition) is 2. The number of nitrogens with zero attached hydrogens (tertiary/aromatic N) is 1. The second-order valence-electron chi connectivity index (χ2n) is 3.71. The fourth-order valence-corrected chi connectivity index (χ4v) is 2.28. The van der Waals surface area contributed by atoms with Gasteiger partial charge in [-0.15, -0.1) is 0 Å². The van der Waals surface area contributed by atoms with Crippen molar-refractivity contribution in [2.24, 2.45) is 0 Å². The van der Waals surface area contributed by atoms with Crippen LogP contribution in [-0.4, -0.2) is 10.1 Å². The van der Waals surface area contributed by atoms with Crippen molar-refractivity contribution in [3.63, 3.8) is 0 Å². The first-order valence-electron chi connectivity index (χ1n) is 5.19. The molecule has 0 aliphatic rings. The van der Waals surface area contributed by atoms with Crippen LogP contribution < -0.4 is 0 Å². The minimum atomic E-state index is -0.868. The highest BCUT2D eigenvalue weighted by atomic mass is 79.9. The van der Waals surface area contributed by atoms with E-state index in [1.807, 2.05) is 0 Å². The highest BCUT2D eigenvalue weighted by Crippen LogP contribution is 2.28. The highest BCUT2D eigenvalue weighted by Gasteiger charge is 2.16. The lowest BCUT2D eigenvalue weighted by molar-refractivity contribution is 0.173. The summed E-state index contributed by atoms with van der Waals surface area (Å²) in [5.74, 6) is -0.402. The molecule has 0 spiro atoms. The Balaban J connectivity index is 2.23. The molecule has 4 heteroatoms. The summed E-state index contributed by atoms with van der Waals surface area (Å²) in [4.78, 5) is 3.90. The van der Waals surface area contributed by atoms with Crippen LogP contribution in [-0.2, 0) is 6.42 Å². The SMILES string of the molecule is OC(Cc1ccncc1)c1c(F)cccc1Br. The van der Waals surface area contributed by atoms with Gasteiger partial charge in [0.15, 0.2) is 0 Å². The van der Waals surface area contributed by atoms with E-state index in [1.165, 1.54) is 6.07 Å². The smallest absolute Gasteiger partial charge is 0.130 e. The molecule has 2 rings (SSSR count). The van der Waals surface area contributed by atoms with Gasteiger partial charge < -0.3 is 5.11 Å². The minimum absolute atomic E-state index is 0.296. The van der Waals surface area contributed by atoms with Crippen LogP contribution in [0.25, 0.3) is 0 Å². The molecule has 0 saturated heterocycles.